The van der Waals surface area contributed by atoms with Gasteiger partial charge >= 0.3 is 0 Å². The van der Waals surface area contributed by atoms with E-state index in [-0.39, 0.29) is 18.2 Å². The number of nitroso groups, excluding NO2 is 1. The molecule has 3 aromatic carbocycles. The Hall–Kier alpha value is -3.58. The van der Waals surface area contributed by atoms with Crippen molar-refractivity contribution < 1.29 is 9.59 Å². The molecule has 0 bridgehead atoms. The van der Waals surface area contributed by atoms with E-state index in [0.717, 1.165) is 28.4 Å². The first kappa shape index (κ1) is 24.1. The molecule has 0 aliphatic rings. The summed E-state index contributed by atoms with van der Waals surface area (Å²) in [5.74, 6) is 0.0711. The third kappa shape index (κ3) is 6.46. The van der Waals surface area contributed by atoms with Crippen LogP contribution >= 0.6 is 0 Å². The van der Waals surface area contributed by atoms with Gasteiger partial charge in [-0.2, -0.15) is 0 Å². The minimum absolute atomic E-state index is 0.0316. The second kappa shape index (κ2) is 11.3. The smallest absolute Gasteiger partial charge is 0.242 e. The van der Waals surface area contributed by atoms with Crippen LogP contribution in [0.1, 0.15) is 29.3 Å². The van der Waals surface area contributed by atoms with Gasteiger partial charge in [0.05, 0.1) is 6.54 Å². The second-order valence-electron chi connectivity index (χ2n) is 8.19. The topological polar surface area (TPSA) is 96.1 Å². The van der Waals surface area contributed by atoms with E-state index in [1.165, 1.54) is 0 Å². The Morgan fingerprint density at radius 3 is 2.30 bits per heavy atom. The van der Waals surface area contributed by atoms with Crippen LogP contribution in [0.4, 0.5) is 11.4 Å². The molecule has 0 fully saturated rings. The second-order valence-corrected chi connectivity index (χ2v) is 8.19. The van der Waals surface area contributed by atoms with Crippen molar-refractivity contribution in [3.63, 3.8) is 0 Å². The molecule has 1 amide bonds. The van der Waals surface area contributed by atoms with Gasteiger partial charge < -0.3 is 15.5 Å². The number of hydrogen-bond donors (Lipinski definition) is 1. The summed E-state index contributed by atoms with van der Waals surface area (Å²) in [4.78, 5) is 39.1. The van der Waals surface area contributed by atoms with Crippen LogP contribution in [0.3, 0.4) is 0 Å². The van der Waals surface area contributed by atoms with Gasteiger partial charge in [-0.05, 0) is 78.2 Å². The molecular weight excluding hydrogens is 416 g/mol. The zero-order valence-electron chi connectivity index (χ0n) is 19.2. The molecule has 0 atom stereocenters. The highest BCUT2D eigenvalue weighted by molar-refractivity contribution is 5.99. The Morgan fingerprint density at radius 1 is 0.939 bits per heavy atom. The molecule has 0 unspecified atom stereocenters. The van der Waals surface area contributed by atoms with Gasteiger partial charge in [-0.3, -0.25) is 9.59 Å². The van der Waals surface area contributed by atoms with Gasteiger partial charge in [0.1, 0.15) is 5.69 Å². The van der Waals surface area contributed by atoms with Crippen LogP contribution in [0.15, 0.2) is 65.8 Å². The van der Waals surface area contributed by atoms with Crippen LogP contribution in [0.25, 0.3) is 10.8 Å². The number of anilines is 1. The number of carbonyl (C=O) groups is 2. The van der Waals surface area contributed by atoms with E-state index in [2.05, 4.69) is 5.18 Å². The highest BCUT2D eigenvalue weighted by atomic mass is 16.3. The number of benzene rings is 3. The monoisotopic (exact) mass is 446 g/mol. The van der Waals surface area contributed by atoms with Crippen molar-refractivity contribution in [2.24, 2.45) is 10.9 Å². The lowest BCUT2D eigenvalue weighted by atomic mass is 10.0. The zero-order valence-corrected chi connectivity index (χ0v) is 19.2. The van der Waals surface area contributed by atoms with Crippen molar-refractivity contribution in [3.05, 3.63) is 76.7 Å². The maximum atomic E-state index is 13.1. The maximum absolute atomic E-state index is 13.1. The Kier molecular flexibility index (Phi) is 8.27. The average Bonchev–Trinajstić information content (AvgIpc) is 2.83. The van der Waals surface area contributed by atoms with Crippen molar-refractivity contribution in [1.82, 2.24) is 4.90 Å². The van der Waals surface area contributed by atoms with Gasteiger partial charge in [-0.1, -0.05) is 30.3 Å². The number of nitrogens with two attached hydrogens (primary N) is 1. The molecule has 0 spiro atoms. The fraction of sp³-hybridized carbons (Fsp3) is 0.308. The molecule has 0 heterocycles. The number of fused-ring (bicyclic) bond motifs is 1. The van der Waals surface area contributed by atoms with Crippen LogP contribution in [0.2, 0.25) is 0 Å². The summed E-state index contributed by atoms with van der Waals surface area (Å²) >= 11 is 0. The van der Waals surface area contributed by atoms with Crippen LogP contribution in [-0.4, -0.2) is 49.8 Å². The third-order valence-electron chi connectivity index (χ3n) is 5.74. The van der Waals surface area contributed by atoms with E-state index in [4.69, 9.17) is 5.73 Å². The minimum atomic E-state index is 0.0316. The lowest BCUT2D eigenvalue weighted by Crippen LogP contribution is -2.41. The quantitative estimate of drug-likeness (QED) is 0.350. The van der Waals surface area contributed by atoms with Crippen LogP contribution in [0, 0.1) is 4.91 Å². The van der Waals surface area contributed by atoms with E-state index in [9.17, 15) is 14.5 Å². The lowest BCUT2D eigenvalue weighted by Gasteiger charge is -2.27. The summed E-state index contributed by atoms with van der Waals surface area (Å²) in [5.41, 5.74) is 8.74. The molecule has 3 rings (SSSR count). The number of rotatable bonds is 11. The largest absolute Gasteiger partial charge is 0.365 e. The molecule has 0 aliphatic heterocycles. The Balaban J connectivity index is 1.67. The zero-order chi connectivity index (χ0) is 23.8. The fourth-order valence-electron chi connectivity index (χ4n) is 3.71. The van der Waals surface area contributed by atoms with Crippen molar-refractivity contribution in [2.45, 2.75) is 19.8 Å². The Morgan fingerprint density at radius 2 is 1.64 bits per heavy atom. The van der Waals surface area contributed by atoms with Gasteiger partial charge in [0.25, 0.3) is 0 Å². The number of amides is 1. The summed E-state index contributed by atoms with van der Waals surface area (Å²) in [6.45, 7) is 3.50. The third-order valence-corrected chi connectivity index (χ3v) is 5.74. The number of Topliss-reactive ketones (excluding diaryl/α,β-unsaturated/α-hetero) is 1. The predicted octanol–water partition coefficient (Wildman–Crippen LogP) is 4.30. The molecule has 0 saturated heterocycles. The molecule has 7 nitrogen and oxygen atoms in total. The van der Waals surface area contributed by atoms with Crippen LogP contribution in [0.5, 0.6) is 0 Å². The first-order chi connectivity index (χ1) is 15.9. The van der Waals surface area contributed by atoms with Gasteiger partial charge in [-0.15, -0.1) is 4.91 Å². The summed E-state index contributed by atoms with van der Waals surface area (Å²) in [7, 11) is 1.90. The number of nitrogens with zero attached hydrogens (tertiary/aromatic N) is 3. The van der Waals surface area contributed by atoms with E-state index in [0.29, 0.717) is 37.3 Å². The van der Waals surface area contributed by atoms with Gasteiger partial charge in [0.2, 0.25) is 5.91 Å². The minimum Gasteiger partial charge on any atom is -0.365 e. The number of likely N-dealkylation sites (N-methyl/N-ethyl adjacent to an activating group) is 1. The highest BCUT2D eigenvalue weighted by Gasteiger charge is 2.16. The fourth-order valence-corrected chi connectivity index (χ4v) is 3.71. The summed E-state index contributed by atoms with van der Waals surface area (Å²) in [6, 6.07) is 18.7. The van der Waals surface area contributed by atoms with Crippen molar-refractivity contribution in [3.8, 4) is 0 Å². The average molecular weight is 447 g/mol. The van der Waals surface area contributed by atoms with Crippen molar-refractivity contribution >= 4 is 33.8 Å². The van der Waals surface area contributed by atoms with E-state index in [1.807, 2.05) is 65.4 Å². The summed E-state index contributed by atoms with van der Waals surface area (Å²) in [5, 5.41) is 4.93. The molecule has 0 saturated carbocycles. The van der Waals surface area contributed by atoms with E-state index >= 15 is 0 Å². The number of hydrogen-bond acceptors (Lipinski definition) is 6. The Labute approximate surface area is 194 Å². The van der Waals surface area contributed by atoms with Crippen LogP contribution < -0.4 is 10.6 Å². The predicted molar refractivity (Wildman–Crippen MR) is 133 cm³/mol. The maximum Gasteiger partial charge on any atom is 0.242 e. The number of ketones is 1. The molecule has 7 heteroatoms. The van der Waals surface area contributed by atoms with Gasteiger partial charge in [0.15, 0.2) is 5.78 Å². The number of carbonyl (C=O) groups excluding carboxylic acids is 2. The molecule has 0 radical (unpaired) electrons. The standard InChI is InChI=1S/C26H30N4O3/c1-19(31)21-6-7-23-17-25(11-8-22(23)16-21)29(2)18-26(32)30(14-3-13-27)15-12-20-4-9-24(28-33)10-5-20/h4-11,16-17H,3,12-15,18,27H2,1-2H3. The first-order valence-electron chi connectivity index (χ1n) is 11.1. The molecule has 33 heavy (non-hydrogen) atoms. The molecular formula is C26H30N4O3. The molecule has 2 N–H and O–H groups in total. The van der Waals surface area contributed by atoms with E-state index < -0.39 is 0 Å². The Bertz CT molecular complexity index is 1130. The van der Waals surface area contributed by atoms with Crippen LogP contribution in [-0.2, 0) is 11.2 Å². The molecule has 0 aliphatic carbocycles. The lowest BCUT2D eigenvalue weighted by molar-refractivity contribution is -0.129. The SMILES string of the molecule is CC(=O)c1ccc2cc(N(C)CC(=O)N(CCCN)CCc3ccc(N=O)cc3)ccc2c1. The van der Waals surface area contributed by atoms with Crippen molar-refractivity contribution in [1.29, 1.82) is 0 Å². The molecule has 3 aromatic rings. The van der Waals surface area contributed by atoms with Crippen molar-refractivity contribution in [2.75, 3.05) is 38.1 Å². The molecule has 0 aromatic heterocycles. The summed E-state index contributed by atoms with van der Waals surface area (Å²) < 4.78 is 0. The summed E-state index contributed by atoms with van der Waals surface area (Å²) in [6.07, 6.45) is 1.42. The highest BCUT2D eigenvalue weighted by Crippen LogP contribution is 2.23. The normalized spacial score (nSPS) is 10.8. The van der Waals surface area contributed by atoms with Gasteiger partial charge in [-0.25, -0.2) is 0 Å². The van der Waals surface area contributed by atoms with Gasteiger partial charge in [0, 0.05) is 31.4 Å². The van der Waals surface area contributed by atoms with E-state index in [1.54, 1.807) is 19.1 Å². The molecule has 172 valence electrons. The first-order valence-corrected chi connectivity index (χ1v) is 11.1.